The molecule has 0 amide bonds. The van der Waals surface area contributed by atoms with E-state index in [2.05, 4.69) is 15.0 Å². The predicted octanol–water partition coefficient (Wildman–Crippen LogP) is 3.29. The number of hydrogen-bond donors (Lipinski definition) is 0. The van der Waals surface area contributed by atoms with Gasteiger partial charge in [-0.25, -0.2) is 15.0 Å². The maximum atomic E-state index is 5.90. The van der Waals surface area contributed by atoms with E-state index in [-0.39, 0.29) is 0 Å². The van der Waals surface area contributed by atoms with Gasteiger partial charge in [0.05, 0.1) is 16.6 Å². The molecule has 0 aliphatic heterocycles. The minimum absolute atomic E-state index is 0.729. The van der Waals surface area contributed by atoms with Crippen molar-refractivity contribution >= 4 is 11.0 Å². The summed E-state index contributed by atoms with van der Waals surface area (Å²) in [4.78, 5) is 12.6. The highest BCUT2D eigenvalue weighted by Gasteiger charge is 2.13. The van der Waals surface area contributed by atoms with Crippen LogP contribution in [0.3, 0.4) is 0 Å². The summed E-state index contributed by atoms with van der Waals surface area (Å²) in [6, 6.07) is 11.8. The van der Waals surface area contributed by atoms with Crippen LogP contribution in [0, 0.1) is 0 Å². The van der Waals surface area contributed by atoms with Crippen molar-refractivity contribution in [2.75, 3.05) is 0 Å². The maximum Gasteiger partial charge on any atom is 0.177 e. The van der Waals surface area contributed by atoms with Gasteiger partial charge in [-0.2, -0.15) is 0 Å². The number of para-hydroxylation sites is 2. The Morgan fingerprint density at radius 3 is 2.52 bits per heavy atom. The topological polar surface area (TPSA) is 56.7 Å². The van der Waals surface area contributed by atoms with Crippen LogP contribution in [0.15, 0.2) is 59.5 Å². The summed E-state index contributed by atoms with van der Waals surface area (Å²) in [5.74, 6) is 2.27. The van der Waals surface area contributed by atoms with Crippen molar-refractivity contribution in [3.05, 3.63) is 55.1 Å². The monoisotopic (exact) mass is 276 g/mol. The molecular formula is C16H12N4O. The maximum absolute atomic E-state index is 5.90. The number of rotatable bonds is 2. The van der Waals surface area contributed by atoms with Gasteiger partial charge in [-0.15, -0.1) is 0 Å². The van der Waals surface area contributed by atoms with Gasteiger partial charge in [0.15, 0.2) is 11.6 Å². The quantitative estimate of drug-likeness (QED) is 0.563. The number of imidazole rings is 1. The molecule has 0 saturated carbocycles. The van der Waals surface area contributed by atoms with Gasteiger partial charge in [0.25, 0.3) is 0 Å². The molecule has 1 aromatic carbocycles. The molecule has 4 aromatic rings. The Morgan fingerprint density at radius 2 is 1.71 bits per heavy atom. The van der Waals surface area contributed by atoms with E-state index in [1.54, 1.807) is 12.4 Å². The second-order valence-electron chi connectivity index (χ2n) is 4.77. The number of fused-ring (bicyclic) bond motifs is 1. The molecule has 102 valence electrons. The third kappa shape index (κ3) is 1.90. The van der Waals surface area contributed by atoms with Gasteiger partial charge in [0, 0.05) is 19.4 Å². The van der Waals surface area contributed by atoms with Gasteiger partial charge in [-0.3, -0.25) is 0 Å². The molecule has 3 aromatic heterocycles. The Labute approximate surface area is 120 Å². The molecule has 3 heterocycles. The smallest absolute Gasteiger partial charge is 0.177 e. The Kier molecular flexibility index (Phi) is 2.57. The van der Waals surface area contributed by atoms with E-state index < -0.39 is 0 Å². The van der Waals surface area contributed by atoms with E-state index in [9.17, 15) is 0 Å². The summed E-state index contributed by atoms with van der Waals surface area (Å²) in [6.07, 6.45) is 4.95. The standard InChI is InChI=1S/C16H12N4O/c1-20-13-5-3-2-4-12(13)19-16(20)15-7-6-14(21-15)11-8-17-10-18-9-11/h2-10H,1H3. The van der Waals surface area contributed by atoms with E-state index in [1.165, 1.54) is 6.33 Å². The first-order chi connectivity index (χ1) is 10.3. The van der Waals surface area contributed by atoms with Gasteiger partial charge in [0.2, 0.25) is 0 Å². The van der Waals surface area contributed by atoms with Gasteiger partial charge >= 0.3 is 0 Å². The summed E-state index contributed by atoms with van der Waals surface area (Å²) in [5, 5.41) is 0. The molecule has 0 fully saturated rings. The normalized spacial score (nSPS) is 11.1. The van der Waals surface area contributed by atoms with Gasteiger partial charge in [0.1, 0.15) is 12.1 Å². The highest BCUT2D eigenvalue weighted by molar-refractivity contribution is 5.79. The number of aromatic nitrogens is 4. The number of nitrogens with zero attached hydrogens (tertiary/aromatic N) is 4. The lowest BCUT2D eigenvalue weighted by Gasteiger charge is -1.99. The lowest BCUT2D eigenvalue weighted by atomic mass is 10.3. The average molecular weight is 276 g/mol. The van der Waals surface area contributed by atoms with Crippen molar-refractivity contribution in [3.8, 4) is 22.9 Å². The zero-order valence-electron chi connectivity index (χ0n) is 11.4. The van der Waals surface area contributed by atoms with Crippen molar-refractivity contribution < 1.29 is 4.42 Å². The molecule has 0 atom stereocenters. The van der Waals surface area contributed by atoms with Crippen LogP contribution < -0.4 is 0 Å². The second-order valence-corrected chi connectivity index (χ2v) is 4.77. The third-order valence-electron chi connectivity index (χ3n) is 3.46. The lowest BCUT2D eigenvalue weighted by Crippen LogP contribution is -1.90. The van der Waals surface area contributed by atoms with Gasteiger partial charge in [-0.05, 0) is 24.3 Å². The van der Waals surface area contributed by atoms with Crippen LogP contribution in [-0.4, -0.2) is 19.5 Å². The lowest BCUT2D eigenvalue weighted by molar-refractivity contribution is 0.588. The Bertz CT molecular complexity index is 908. The first kappa shape index (κ1) is 11.8. The molecule has 0 unspecified atom stereocenters. The Hall–Kier alpha value is -2.95. The van der Waals surface area contributed by atoms with Crippen LogP contribution in [0.25, 0.3) is 33.9 Å². The zero-order chi connectivity index (χ0) is 14.2. The number of hydrogen-bond acceptors (Lipinski definition) is 4. The SMILES string of the molecule is Cn1c(-c2ccc(-c3cncnc3)o2)nc2ccccc21. The van der Waals surface area contributed by atoms with E-state index in [0.717, 1.165) is 33.9 Å². The Morgan fingerprint density at radius 1 is 0.952 bits per heavy atom. The van der Waals surface area contributed by atoms with E-state index in [0.29, 0.717) is 0 Å². The fraction of sp³-hybridized carbons (Fsp3) is 0.0625. The molecule has 5 heteroatoms. The first-order valence-corrected chi connectivity index (χ1v) is 6.60. The van der Waals surface area contributed by atoms with Gasteiger partial charge < -0.3 is 8.98 Å². The van der Waals surface area contributed by atoms with Crippen molar-refractivity contribution in [2.24, 2.45) is 7.05 Å². The molecule has 5 nitrogen and oxygen atoms in total. The Balaban J connectivity index is 1.83. The van der Waals surface area contributed by atoms with Crippen LogP contribution in [-0.2, 0) is 7.05 Å². The number of aryl methyl sites for hydroxylation is 1. The fourth-order valence-corrected chi connectivity index (χ4v) is 2.41. The zero-order valence-corrected chi connectivity index (χ0v) is 11.4. The molecule has 0 aliphatic carbocycles. The number of furan rings is 1. The van der Waals surface area contributed by atoms with Gasteiger partial charge in [-0.1, -0.05) is 12.1 Å². The minimum Gasteiger partial charge on any atom is -0.453 e. The minimum atomic E-state index is 0.729. The van der Waals surface area contributed by atoms with E-state index >= 15 is 0 Å². The first-order valence-electron chi connectivity index (χ1n) is 6.60. The van der Waals surface area contributed by atoms with Crippen LogP contribution in [0.2, 0.25) is 0 Å². The summed E-state index contributed by atoms with van der Waals surface area (Å²) in [5.41, 5.74) is 2.88. The van der Waals surface area contributed by atoms with Crippen LogP contribution in [0.5, 0.6) is 0 Å². The van der Waals surface area contributed by atoms with E-state index in [4.69, 9.17) is 4.42 Å². The predicted molar refractivity (Wildman–Crippen MR) is 79.4 cm³/mol. The second kappa shape index (κ2) is 4.56. The molecule has 0 bridgehead atoms. The average Bonchev–Trinajstić information content (AvgIpc) is 3.14. The molecular weight excluding hydrogens is 264 g/mol. The molecule has 0 saturated heterocycles. The molecule has 21 heavy (non-hydrogen) atoms. The molecule has 0 spiro atoms. The summed E-state index contributed by atoms with van der Waals surface area (Å²) in [7, 11) is 1.98. The highest BCUT2D eigenvalue weighted by atomic mass is 16.3. The molecule has 4 rings (SSSR count). The molecule has 0 radical (unpaired) electrons. The van der Waals surface area contributed by atoms with Crippen LogP contribution >= 0.6 is 0 Å². The third-order valence-corrected chi connectivity index (χ3v) is 3.46. The van der Waals surface area contributed by atoms with E-state index in [1.807, 2.05) is 48.0 Å². The summed E-state index contributed by atoms with van der Waals surface area (Å²) in [6.45, 7) is 0. The van der Waals surface area contributed by atoms with Crippen molar-refractivity contribution in [1.82, 2.24) is 19.5 Å². The fourth-order valence-electron chi connectivity index (χ4n) is 2.41. The van der Waals surface area contributed by atoms with Crippen molar-refractivity contribution in [1.29, 1.82) is 0 Å². The van der Waals surface area contributed by atoms with Crippen molar-refractivity contribution in [3.63, 3.8) is 0 Å². The largest absolute Gasteiger partial charge is 0.453 e. The molecule has 0 aliphatic rings. The van der Waals surface area contributed by atoms with Crippen LogP contribution in [0.1, 0.15) is 0 Å². The number of benzene rings is 1. The van der Waals surface area contributed by atoms with Crippen molar-refractivity contribution in [2.45, 2.75) is 0 Å². The molecule has 0 N–H and O–H groups in total. The summed E-state index contributed by atoms with van der Waals surface area (Å²) >= 11 is 0. The highest BCUT2D eigenvalue weighted by Crippen LogP contribution is 2.29. The summed E-state index contributed by atoms with van der Waals surface area (Å²) < 4.78 is 7.93. The van der Waals surface area contributed by atoms with Crippen LogP contribution in [0.4, 0.5) is 0 Å².